The third-order valence-electron chi connectivity index (χ3n) is 3.63. The summed E-state index contributed by atoms with van der Waals surface area (Å²) < 4.78 is 0. The molecule has 2 heterocycles. The molecule has 2 aliphatic rings. The van der Waals surface area contributed by atoms with E-state index in [-0.39, 0.29) is 0 Å². The Hall–Kier alpha value is -0.770. The summed E-state index contributed by atoms with van der Waals surface area (Å²) in [6.07, 6.45) is 9.28. The Morgan fingerprint density at radius 1 is 1.41 bits per heavy atom. The normalized spacial score (nSPS) is 24.3. The SMILES string of the molecule is CSCC1CCCN1c1ccnc(C2CC2)n1. The van der Waals surface area contributed by atoms with Crippen LogP contribution in [0.1, 0.15) is 37.4 Å². The standard InChI is InChI=1S/C13H19N3S/c1-17-9-11-3-2-8-16(11)12-6-7-14-13(15-12)10-4-5-10/h6-7,10-11H,2-5,8-9H2,1H3. The highest BCUT2D eigenvalue weighted by Gasteiger charge is 2.29. The van der Waals surface area contributed by atoms with Gasteiger partial charge in [0, 0.05) is 30.5 Å². The summed E-state index contributed by atoms with van der Waals surface area (Å²) in [5.74, 6) is 4.08. The van der Waals surface area contributed by atoms with Gasteiger partial charge in [-0.3, -0.25) is 0 Å². The monoisotopic (exact) mass is 249 g/mol. The number of hydrogen-bond acceptors (Lipinski definition) is 4. The predicted molar refractivity (Wildman–Crippen MR) is 72.8 cm³/mol. The highest BCUT2D eigenvalue weighted by Crippen LogP contribution is 2.38. The number of hydrogen-bond donors (Lipinski definition) is 0. The van der Waals surface area contributed by atoms with Crippen molar-refractivity contribution < 1.29 is 0 Å². The Bertz CT molecular complexity index is 392. The van der Waals surface area contributed by atoms with Crippen molar-refractivity contribution in [2.24, 2.45) is 0 Å². The smallest absolute Gasteiger partial charge is 0.133 e. The molecule has 0 radical (unpaired) electrons. The Balaban J connectivity index is 1.79. The van der Waals surface area contributed by atoms with Gasteiger partial charge in [-0.1, -0.05) is 0 Å². The molecule has 3 nitrogen and oxygen atoms in total. The maximum Gasteiger partial charge on any atom is 0.133 e. The number of anilines is 1. The average Bonchev–Trinajstić information content (AvgIpc) is 3.11. The molecule has 0 spiro atoms. The molecule has 0 amide bonds. The third kappa shape index (κ3) is 2.41. The summed E-state index contributed by atoms with van der Waals surface area (Å²) in [5.41, 5.74) is 0. The largest absolute Gasteiger partial charge is 0.353 e. The lowest BCUT2D eigenvalue weighted by Crippen LogP contribution is -2.32. The van der Waals surface area contributed by atoms with Gasteiger partial charge in [-0.05, 0) is 38.0 Å². The van der Waals surface area contributed by atoms with E-state index in [0.717, 1.165) is 18.2 Å². The Kier molecular flexibility index (Phi) is 3.23. The van der Waals surface area contributed by atoms with E-state index >= 15 is 0 Å². The van der Waals surface area contributed by atoms with Crippen LogP contribution in [0.25, 0.3) is 0 Å². The molecule has 0 N–H and O–H groups in total. The Labute approximate surface area is 107 Å². The molecule has 0 aromatic carbocycles. The highest BCUT2D eigenvalue weighted by molar-refractivity contribution is 7.98. The fraction of sp³-hybridized carbons (Fsp3) is 0.692. The number of rotatable bonds is 4. The zero-order valence-corrected chi connectivity index (χ0v) is 11.1. The molecule has 1 aliphatic heterocycles. The van der Waals surface area contributed by atoms with Crippen LogP contribution >= 0.6 is 11.8 Å². The van der Waals surface area contributed by atoms with E-state index in [4.69, 9.17) is 4.98 Å². The first kappa shape index (κ1) is 11.3. The summed E-state index contributed by atoms with van der Waals surface area (Å²) in [7, 11) is 0. The van der Waals surface area contributed by atoms with Crippen LogP contribution in [0.5, 0.6) is 0 Å². The molecule has 1 aromatic heterocycles. The predicted octanol–water partition coefficient (Wildman–Crippen LogP) is 2.69. The van der Waals surface area contributed by atoms with Crippen molar-refractivity contribution in [1.29, 1.82) is 0 Å². The molecule has 1 aliphatic carbocycles. The van der Waals surface area contributed by atoms with Crippen molar-refractivity contribution in [3.63, 3.8) is 0 Å². The van der Waals surface area contributed by atoms with Crippen molar-refractivity contribution in [1.82, 2.24) is 9.97 Å². The molecule has 3 rings (SSSR count). The molecule has 2 fully saturated rings. The minimum Gasteiger partial charge on any atom is -0.353 e. The first-order valence-corrected chi connectivity index (χ1v) is 7.86. The van der Waals surface area contributed by atoms with Crippen molar-refractivity contribution in [2.75, 3.05) is 23.5 Å². The minimum absolute atomic E-state index is 0.650. The topological polar surface area (TPSA) is 29.0 Å². The van der Waals surface area contributed by atoms with E-state index in [9.17, 15) is 0 Å². The molecular weight excluding hydrogens is 230 g/mol. The van der Waals surface area contributed by atoms with Crippen LogP contribution in [0.3, 0.4) is 0 Å². The van der Waals surface area contributed by atoms with Crippen LogP contribution in [0.15, 0.2) is 12.3 Å². The number of thioether (sulfide) groups is 1. The van der Waals surface area contributed by atoms with Crippen LogP contribution in [-0.4, -0.2) is 34.6 Å². The zero-order chi connectivity index (χ0) is 11.7. The maximum absolute atomic E-state index is 4.75. The lowest BCUT2D eigenvalue weighted by molar-refractivity contribution is 0.731. The first-order valence-electron chi connectivity index (χ1n) is 6.47. The van der Waals surface area contributed by atoms with Crippen molar-refractivity contribution in [3.8, 4) is 0 Å². The fourth-order valence-electron chi connectivity index (χ4n) is 2.56. The molecular formula is C13H19N3S. The minimum atomic E-state index is 0.650. The van der Waals surface area contributed by atoms with Crippen molar-refractivity contribution >= 4 is 17.6 Å². The maximum atomic E-state index is 4.75. The van der Waals surface area contributed by atoms with Gasteiger partial charge in [0.15, 0.2) is 0 Å². The summed E-state index contributed by atoms with van der Waals surface area (Å²) in [6, 6.07) is 2.75. The Morgan fingerprint density at radius 2 is 2.29 bits per heavy atom. The lowest BCUT2D eigenvalue weighted by atomic mass is 10.2. The average molecular weight is 249 g/mol. The van der Waals surface area contributed by atoms with Crippen LogP contribution in [0.2, 0.25) is 0 Å². The summed E-state index contributed by atoms with van der Waals surface area (Å²) in [4.78, 5) is 11.6. The lowest BCUT2D eigenvalue weighted by Gasteiger charge is -2.25. The highest BCUT2D eigenvalue weighted by atomic mass is 32.2. The second kappa shape index (κ2) is 4.84. The van der Waals surface area contributed by atoms with E-state index in [1.165, 1.54) is 31.4 Å². The summed E-state index contributed by atoms with van der Waals surface area (Å²) in [5, 5.41) is 0. The van der Waals surface area contributed by atoms with Gasteiger partial charge in [0.05, 0.1) is 0 Å². The van der Waals surface area contributed by atoms with Gasteiger partial charge in [-0.15, -0.1) is 0 Å². The van der Waals surface area contributed by atoms with E-state index in [1.54, 1.807) is 0 Å². The number of aromatic nitrogens is 2. The summed E-state index contributed by atoms with van der Waals surface area (Å²) in [6.45, 7) is 1.16. The zero-order valence-electron chi connectivity index (χ0n) is 10.3. The van der Waals surface area contributed by atoms with Crippen LogP contribution < -0.4 is 4.90 Å². The van der Waals surface area contributed by atoms with Gasteiger partial charge in [0.2, 0.25) is 0 Å². The van der Waals surface area contributed by atoms with Crippen LogP contribution in [0, 0.1) is 0 Å². The van der Waals surface area contributed by atoms with Crippen molar-refractivity contribution in [2.45, 2.75) is 37.6 Å². The first-order chi connectivity index (χ1) is 8.38. The molecule has 1 aromatic rings. The molecule has 1 saturated carbocycles. The van der Waals surface area contributed by atoms with Crippen LogP contribution in [-0.2, 0) is 0 Å². The van der Waals surface area contributed by atoms with Gasteiger partial charge < -0.3 is 4.90 Å². The summed E-state index contributed by atoms with van der Waals surface area (Å²) >= 11 is 1.94. The molecule has 1 saturated heterocycles. The van der Waals surface area contributed by atoms with E-state index in [0.29, 0.717) is 12.0 Å². The molecule has 1 atom stereocenters. The van der Waals surface area contributed by atoms with E-state index in [2.05, 4.69) is 22.2 Å². The third-order valence-corrected chi connectivity index (χ3v) is 4.35. The molecule has 1 unspecified atom stereocenters. The van der Waals surface area contributed by atoms with E-state index in [1.807, 2.05) is 18.0 Å². The van der Waals surface area contributed by atoms with Crippen LogP contribution in [0.4, 0.5) is 5.82 Å². The van der Waals surface area contributed by atoms with E-state index < -0.39 is 0 Å². The Morgan fingerprint density at radius 3 is 3.06 bits per heavy atom. The quantitative estimate of drug-likeness (QED) is 0.820. The van der Waals surface area contributed by atoms with Gasteiger partial charge in [-0.2, -0.15) is 11.8 Å². The molecule has 92 valence electrons. The fourth-order valence-corrected chi connectivity index (χ4v) is 3.30. The number of nitrogens with zero attached hydrogens (tertiary/aromatic N) is 3. The second-order valence-corrected chi connectivity index (χ2v) is 5.90. The van der Waals surface area contributed by atoms with Gasteiger partial charge >= 0.3 is 0 Å². The van der Waals surface area contributed by atoms with Gasteiger partial charge in [0.25, 0.3) is 0 Å². The van der Waals surface area contributed by atoms with Gasteiger partial charge in [0.1, 0.15) is 11.6 Å². The van der Waals surface area contributed by atoms with Gasteiger partial charge in [-0.25, -0.2) is 9.97 Å². The molecule has 4 heteroatoms. The van der Waals surface area contributed by atoms with Crippen molar-refractivity contribution in [3.05, 3.63) is 18.1 Å². The molecule has 0 bridgehead atoms. The molecule has 17 heavy (non-hydrogen) atoms. The second-order valence-electron chi connectivity index (χ2n) is 4.99.